The van der Waals surface area contributed by atoms with Crippen molar-refractivity contribution in [3.63, 3.8) is 0 Å². The third-order valence-electron chi connectivity index (χ3n) is 3.00. The normalized spacial score (nSPS) is 10.3. The molecule has 10 heteroatoms. The average Bonchev–Trinajstić information content (AvgIpc) is 2.52. The molecule has 0 amide bonds. The second kappa shape index (κ2) is 5.76. The highest BCUT2D eigenvalue weighted by Crippen LogP contribution is 2.45. The molecule has 0 saturated carbocycles. The molecule has 2 rings (SSSR count). The van der Waals surface area contributed by atoms with Gasteiger partial charge in [0.2, 0.25) is 17.2 Å². The number of ether oxygens (including phenoxy) is 1. The maximum atomic E-state index is 12.0. The summed E-state index contributed by atoms with van der Waals surface area (Å²) in [7, 11) is 0. The lowest BCUT2D eigenvalue weighted by molar-refractivity contribution is 0.0680. The van der Waals surface area contributed by atoms with Crippen LogP contribution in [0.25, 0.3) is 0 Å². The van der Waals surface area contributed by atoms with Gasteiger partial charge >= 0.3 is 11.9 Å². The Morgan fingerprint density at radius 1 is 0.750 bits per heavy atom. The molecule has 0 aliphatic carbocycles. The van der Waals surface area contributed by atoms with Gasteiger partial charge in [-0.1, -0.05) is 0 Å². The fraction of sp³-hybridized carbons (Fsp3) is 0. The van der Waals surface area contributed by atoms with Gasteiger partial charge in [0.1, 0.15) is 11.1 Å². The molecular weight excluding hydrogens is 328 g/mol. The Kier molecular flexibility index (Phi) is 3.97. The summed E-state index contributed by atoms with van der Waals surface area (Å²) in [6, 6.07) is 2.34. The van der Waals surface area contributed by atoms with Crippen LogP contribution in [0.5, 0.6) is 40.2 Å². The molecule has 126 valence electrons. The van der Waals surface area contributed by atoms with Gasteiger partial charge in [0.05, 0.1) is 0 Å². The van der Waals surface area contributed by atoms with E-state index in [9.17, 15) is 40.2 Å². The lowest BCUT2D eigenvalue weighted by Crippen LogP contribution is -2.10. The number of phenols is 6. The van der Waals surface area contributed by atoms with E-state index in [1.807, 2.05) is 0 Å². The number of aromatic hydroxyl groups is 6. The zero-order valence-corrected chi connectivity index (χ0v) is 11.6. The van der Waals surface area contributed by atoms with Crippen molar-refractivity contribution in [3.05, 3.63) is 29.3 Å². The van der Waals surface area contributed by atoms with E-state index in [1.54, 1.807) is 0 Å². The van der Waals surface area contributed by atoms with Crippen molar-refractivity contribution in [2.45, 2.75) is 0 Å². The van der Waals surface area contributed by atoms with Crippen molar-refractivity contribution < 1.29 is 50.1 Å². The van der Waals surface area contributed by atoms with Crippen molar-refractivity contribution in [2.24, 2.45) is 0 Å². The van der Waals surface area contributed by atoms with Gasteiger partial charge in [-0.15, -0.1) is 0 Å². The van der Waals surface area contributed by atoms with Gasteiger partial charge in [-0.3, -0.25) is 0 Å². The molecule has 0 aromatic heterocycles. The Bertz CT molecular complexity index is 855. The van der Waals surface area contributed by atoms with Gasteiger partial charge in [0.15, 0.2) is 23.0 Å². The van der Waals surface area contributed by atoms with Crippen LogP contribution in [-0.2, 0) is 0 Å². The standard InChI is InChI=1S/C14H10O10/c15-6-2-1-4(8(16)10(6)18)14(23)24-7-3-5(13(21)22)9(17)12(20)11(7)19/h1-3,15-20H,(H,21,22). The second-order valence-electron chi connectivity index (χ2n) is 4.49. The number of rotatable bonds is 3. The Labute approximate surface area is 132 Å². The lowest BCUT2D eigenvalue weighted by Gasteiger charge is -2.11. The van der Waals surface area contributed by atoms with Crippen LogP contribution in [0, 0.1) is 0 Å². The van der Waals surface area contributed by atoms with Gasteiger partial charge < -0.3 is 40.5 Å². The Morgan fingerprint density at radius 3 is 1.92 bits per heavy atom. The average molecular weight is 338 g/mol. The molecule has 0 heterocycles. The first-order chi connectivity index (χ1) is 11.1. The third-order valence-corrected chi connectivity index (χ3v) is 3.00. The molecule has 0 fully saturated rings. The zero-order chi connectivity index (χ0) is 18.2. The quantitative estimate of drug-likeness (QED) is 0.240. The monoisotopic (exact) mass is 338 g/mol. The van der Waals surface area contributed by atoms with E-state index in [2.05, 4.69) is 4.74 Å². The SMILES string of the molecule is O=C(Oc1cc(C(=O)O)c(O)c(O)c1O)c1ccc(O)c(O)c1O. The Hall–Kier alpha value is -3.82. The zero-order valence-electron chi connectivity index (χ0n) is 11.6. The smallest absolute Gasteiger partial charge is 0.347 e. The summed E-state index contributed by atoms with van der Waals surface area (Å²) in [5.74, 6) is -10.0. The summed E-state index contributed by atoms with van der Waals surface area (Å²) in [5, 5.41) is 65.5. The highest BCUT2D eigenvalue weighted by molar-refractivity contribution is 5.97. The van der Waals surface area contributed by atoms with Crippen LogP contribution < -0.4 is 4.74 Å². The predicted octanol–water partition coefficient (Wildman–Crippen LogP) is 0.838. The first-order valence-corrected chi connectivity index (χ1v) is 6.12. The minimum absolute atomic E-state index is 0.571. The molecule has 2 aromatic carbocycles. The minimum Gasteiger partial charge on any atom is -0.504 e. The molecule has 0 bridgehead atoms. The second-order valence-corrected chi connectivity index (χ2v) is 4.49. The Balaban J connectivity index is 2.47. The molecule has 0 atom stereocenters. The van der Waals surface area contributed by atoms with E-state index in [1.165, 1.54) is 0 Å². The molecule has 0 unspecified atom stereocenters. The number of phenolic OH excluding ortho intramolecular Hbond substituents is 5. The summed E-state index contributed by atoms with van der Waals surface area (Å²) in [6.07, 6.45) is 0. The number of aromatic carboxylic acids is 1. The minimum atomic E-state index is -1.68. The molecule has 10 nitrogen and oxygen atoms in total. The largest absolute Gasteiger partial charge is 0.504 e. The third kappa shape index (κ3) is 2.63. The van der Waals surface area contributed by atoms with Gasteiger partial charge in [-0.25, -0.2) is 9.59 Å². The maximum Gasteiger partial charge on any atom is 0.347 e. The van der Waals surface area contributed by atoms with Gasteiger partial charge in [0.25, 0.3) is 0 Å². The highest BCUT2D eigenvalue weighted by Gasteiger charge is 2.25. The topological polar surface area (TPSA) is 185 Å². The number of hydrogen-bond donors (Lipinski definition) is 7. The summed E-state index contributed by atoms with van der Waals surface area (Å²) in [5.41, 5.74) is -1.47. The maximum absolute atomic E-state index is 12.0. The number of carbonyl (C=O) groups is 2. The van der Waals surface area contributed by atoms with E-state index < -0.39 is 63.3 Å². The van der Waals surface area contributed by atoms with Gasteiger partial charge in [-0.05, 0) is 12.1 Å². The summed E-state index contributed by atoms with van der Waals surface area (Å²) >= 11 is 0. The number of esters is 1. The summed E-state index contributed by atoms with van der Waals surface area (Å²) in [6.45, 7) is 0. The Morgan fingerprint density at radius 2 is 1.33 bits per heavy atom. The molecule has 7 N–H and O–H groups in total. The lowest BCUT2D eigenvalue weighted by atomic mass is 10.1. The fourth-order valence-corrected chi connectivity index (χ4v) is 1.75. The van der Waals surface area contributed by atoms with E-state index >= 15 is 0 Å². The highest BCUT2D eigenvalue weighted by atomic mass is 16.5. The van der Waals surface area contributed by atoms with Crippen molar-refractivity contribution in [2.75, 3.05) is 0 Å². The van der Waals surface area contributed by atoms with Crippen molar-refractivity contribution in [1.82, 2.24) is 0 Å². The number of carboxylic acid groups (broad SMARTS) is 1. The van der Waals surface area contributed by atoms with Crippen LogP contribution in [-0.4, -0.2) is 47.7 Å². The number of carboxylic acids is 1. The fourth-order valence-electron chi connectivity index (χ4n) is 1.75. The molecule has 0 spiro atoms. The van der Waals surface area contributed by atoms with Crippen LogP contribution >= 0.6 is 0 Å². The number of benzene rings is 2. The van der Waals surface area contributed by atoms with E-state index in [4.69, 9.17) is 5.11 Å². The molecule has 0 saturated heterocycles. The molecule has 2 aromatic rings. The van der Waals surface area contributed by atoms with E-state index in [-0.39, 0.29) is 0 Å². The number of hydrogen-bond acceptors (Lipinski definition) is 9. The van der Waals surface area contributed by atoms with E-state index in [0.29, 0.717) is 6.07 Å². The van der Waals surface area contributed by atoms with Crippen LogP contribution in [0.15, 0.2) is 18.2 Å². The molecule has 0 aliphatic heterocycles. The van der Waals surface area contributed by atoms with Gasteiger partial charge in [-0.2, -0.15) is 0 Å². The summed E-state index contributed by atoms with van der Waals surface area (Å²) in [4.78, 5) is 22.9. The number of carbonyl (C=O) groups excluding carboxylic acids is 1. The van der Waals surface area contributed by atoms with Crippen molar-refractivity contribution >= 4 is 11.9 Å². The first-order valence-electron chi connectivity index (χ1n) is 6.12. The van der Waals surface area contributed by atoms with Crippen molar-refractivity contribution in [3.8, 4) is 40.2 Å². The van der Waals surface area contributed by atoms with E-state index in [0.717, 1.165) is 12.1 Å². The molecule has 0 radical (unpaired) electrons. The van der Waals surface area contributed by atoms with Crippen LogP contribution in [0.4, 0.5) is 0 Å². The first kappa shape index (κ1) is 16.5. The van der Waals surface area contributed by atoms with Crippen LogP contribution in [0.3, 0.4) is 0 Å². The predicted molar refractivity (Wildman–Crippen MR) is 74.8 cm³/mol. The van der Waals surface area contributed by atoms with Crippen LogP contribution in [0.1, 0.15) is 20.7 Å². The molecular formula is C14H10O10. The summed E-state index contributed by atoms with van der Waals surface area (Å²) < 4.78 is 4.66. The molecule has 0 aliphatic rings. The van der Waals surface area contributed by atoms with Crippen molar-refractivity contribution in [1.29, 1.82) is 0 Å². The molecule has 24 heavy (non-hydrogen) atoms. The van der Waals surface area contributed by atoms with Crippen LogP contribution in [0.2, 0.25) is 0 Å². The van der Waals surface area contributed by atoms with Gasteiger partial charge in [0, 0.05) is 6.07 Å².